The number of hydrogen-bond acceptors (Lipinski definition) is 2. The van der Waals surface area contributed by atoms with Crippen LogP contribution in [0.2, 0.25) is 0 Å². The highest BCUT2D eigenvalue weighted by atomic mass is 79.9. The zero-order valence-corrected chi connectivity index (χ0v) is 12.4. The number of rotatable bonds is 2. The van der Waals surface area contributed by atoms with Crippen molar-refractivity contribution in [2.45, 2.75) is 6.92 Å². The summed E-state index contributed by atoms with van der Waals surface area (Å²) in [4.78, 5) is 16.7. The molecule has 0 bridgehead atoms. The van der Waals surface area contributed by atoms with Gasteiger partial charge in [-0.1, -0.05) is 34.1 Å². The molecule has 0 spiro atoms. The van der Waals surface area contributed by atoms with Gasteiger partial charge in [0.1, 0.15) is 0 Å². The molecule has 0 fully saturated rings. The number of aryl methyl sites for hydroxylation is 1. The number of halogens is 1. The highest BCUT2D eigenvalue weighted by molar-refractivity contribution is 9.10. The summed E-state index contributed by atoms with van der Waals surface area (Å²) in [6, 6.07) is 11.4. The molecule has 2 aromatic heterocycles. The lowest BCUT2D eigenvalue weighted by Crippen LogP contribution is -2.16. The maximum absolute atomic E-state index is 12.4. The molecule has 0 aliphatic heterocycles. The monoisotopic (exact) mass is 329 g/mol. The van der Waals surface area contributed by atoms with E-state index in [4.69, 9.17) is 0 Å². The van der Waals surface area contributed by atoms with Gasteiger partial charge in [0.15, 0.2) is 5.82 Å². The van der Waals surface area contributed by atoms with Gasteiger partial charge in [-0.05, 0) is 36.2 Å². The van der Waals surface area contributed by atoms with Crippen LogP contribution in [0.1, 0.15) is 5.56 Å². The van der Waals surface area contributed by atoms with Gasteiger partial charge in [-0.15, -0.1) is 0 Å². The highest BCUT2D eigenvalue weighted by Crippen LogP contribution is 2.18. The first-order valence-corrected chi connectivity index (χ1v) is 6.94. The summed E-state index contributed by atoms with van der Waals surface area (Å²) in [6.45, 7) is 1.96. The van der Waals surface area contributed by atoms with E-state index in [1.54, 1.807) is 12.4 Å². The van der Waals surface area contributed by atoms with Crippen molar-refractivity contribution in [3.8, 4) is 16.9 Å². The molecule has 0 aliphatic carbocycles. The van der Waals surface area contributed by atoms with Crippen molar-refractivity contribution in [1.82, 2.24) is 14.8 Å². The molecule has 5 heteroatoms. The van der Waals surface area contributed by atoms with Gasteiger partial charge < -0.3 is 0 Å². The molecule has 100 valence electrons. The van der Waals surface area contributed by atoms with Gasteiger partial charge >= 0.3 is 0 Å². The summed E-state index contributed by atoms with van der Waals surface area (Å²) >= 11 is 3.38. The number of pyridine rings is 1. The minimum absolute atomic E-state index is 0.108. The lowest BCUT2D eigenvalue weighted by molar-refractivity contribution is 0.818. The fraction of sp³-hybridized carbons (Fsp3) is 0.0667. The van der Waals surface area contributed by atoms with Crippen molar-refractivity contribution in [2.24, 2.45) is 0 Å². The summed E-state index contributed by atoms with van der Waals surface area (Å²) in [7, 11) is 0. The number of H-pyrrole nitrogens is 1. The Morgan fingerprint density at radius 3 is 2.55 bits per heavy atom. The van der Waals surface area contributed by atoms with Crippen LogP contribution in [0.25, 0.3) is 16.9 Å². The van der Waals surface area contributed by atoms with Crippen molar-refractivity contribution in [1.29, 1.82) is 0 Å². The molecule has 1 N–H and O–H groups in total. The van der Waals surface area contributed by atoms with Gasteiger partial charge in [0.05, 0.1) is 5.56 Å². The van der Waals surface area contributed by atoms with Crippen LogP contribution < -0.4 is 5.56 Å². The number of benzene rings is 1. The average molecular weight is 330 g/mol. The van der Waals surface area contributed by atoms with E-state index in [0.717, 1.165) is 15.6 Å². The zero-order chi connectivity index (χ0) is 14.1. The van der Waals surface area contributed by atoms with E-state index in [-0.39, 0.29) is 5.56 Å². The van der Waals surface area contributed by atoms with Crippen molar-refractivity contribution in [3.63, 3.8) is 0 Å². The Kier molecular flexibility index (Phi) is 3.28. The largest absolute Gasteiger partial charge is 0.296 e. The Labute approximate surface area is 124 Å². The quantitative estimate of drug-likeness (QED) is 0.784. The minimum atomic E-state index is -0.108. The number of aromatic amines is 1. The predicted molar refractivity (Wildman–Crippen MR) is 82.1 cm³/mol. The Bertz CT molecular complexity index is 719. The normalized spacial score (nSPS) is 10.7. The molecule has 0 atom stereocenters. The molecule has 20 heavy (non-hydrogen) atoms. The molecule has 3 aromatic rings. The first-order chi connectivity index (χ1) is 9.65. The van der Waals surface area contributed by atoms with Crippen LogP contribution in [0, 0.1) is 6.92 Å². The Morgan fingerprint density at radius 1 is 1.15 bits per heavy atom. The van der Waals surface area contributed by atoms with Crippen LogP contribution in [-0.4, -0.2) is 14.8 Å². The maximum Gasteiger partial charge on any atom is 0.280 e. The molecule has 0 saturated heterocycles. The standard InChI is InChI=1S/C15H12BrN3O/c1-10-2-7-14(17-8-10)19-15(20)13(9-18-19)11-3-5-12(16)6-4-11/h2-9,18H,1H3. The molecular weight excluding hydrogens is 318 g/mol. The fourth-order valence-corrected chi connectivity index (χ4v) is 2.23. The topological polar surface area (TPSA) is 50.7 Å². The Balaban J connectivity index is 2.07. The third kappa shape index (κ3) is 2.32. The van der Waals surface area contributed by atoms with E-state index in [1.807, 2.05) is 43.3 Å². The van der Waals surface area contributed by atoms with Crippen LogP contribution >= 0.6 is 15.9 Å². The van der Waals surface area contributed by atoms with Gasteiger partial charge in [0.2, 0.25) is 0 Å². The van der Waals surface area contributed by atoms with E-state index in [1.165, 1.54) is 4.68 Å². The van der Waals surface area contributed by atoms with Crippen LogP contribution in [-0.2, 0) is 0 Å². The maximum atomic E-state index is 12.4. The van der Waals surface area contributed by atoms with E-state index >= 15 is 0 Å². The minimum Gasteiger partial charge on any atom is -0.296 e. The zero-order valence-electron chi connectivity index (χ0n) is 10.8. The third-order valence-corrected chi connectivity index (χ3v) is 3.58. The van der Waals surface area contributed by atoms with E-state index in [9.17, 15) is 4.79 Å². The predicted octanol–water partition coefficient (Wildman–Crippen LogP) is 3.30. The van der Waals surface area contributed by atoms with Gasteiger partial charge in [0.25, 0.3) is 5.56 Å². The van der Waals surface area contributed by atoms with Crippen molar-refractivity contribution in [2.75, 3.05) is 0 Å². The first kappa shape index (κ1) is 12.9. The smallest absolute Gasteiger partial charge is 0.280 e. The second-order valence-electron chi connectivity index (χ2n) is 4.53. The van der Waals surface area contributed by atoms with Crippen LogP contribution in [0.3, 0.4) is 0 Å². The van der Waals surface area contributed by atoms with Gasteiger partial charge in [-0.2, -0.15) is 0 Å². The highest BCUT2D eigenvalue weighted by Gasteiger charge is 2.10. The fourth-order valence-electron chi connectivity index (χ4n) is 1.97. The lowest BCUT2D eigenvalue weighted by atomic mass is 10.1. The second-order valence-corrected chi connectivity index (χ2v) is 5.44. The summed E-state index contributed by atoms with van der Waals surface area (Å²) in [5.41, 5.74) is 2.45. The van der Waals surface area contributed by atoms with Gasteiger partial charge in [0, 0.05) is 16.9 Å². The number of aromatic nitrogens is 3. The van der Waals surface area contributed by atoms with E-state index in [0.29, 0.717) is 11.4 Å². The number of nitrogens with zero attached hydrogens (tertiary/aromatic N) is 2. The van der Waals surface area contributed by atoms with Crippen LogP contribution in [0.5, 0.6) is 0 Å². The molecule has 0 unspecified atom stereocenters. The van der Waals surface area contributed by atoms with Crippen LogP contribution in [0.15, 0.2) is 58.1 Å². The molecule has 0 radical (unpaired) electrons. The molecule has 0 amide bonds. The van der Waals surface area contributed by atoms with Gasteiger partial charge in [-0.25, -0.2) is 9.67 Å². The molecule has 2 heterocycles. The Hall–Kier alpha value is -2.14. The molecule has 4 nitrogen and oxygen atoms in total. The molecule has 3 rings (SSSR count). The van der Waals surface area contributed by atoms with Crippen molar-refractivity contribution in [3.05, 3.63) is 69.2 Å². The summed E-state index contributed by atoms with van der Waals surface area (Å²) in [5, 5.41) is 2.95. The van der Waals surface area contributed by atoms with E-state index < -0.39 is 0 Å². The van der Waals surface area contributed by atoms with Crippen molar-refractivity contribution < 1.29 is 0 Å². The summed E-state index contributed by atoms with van der Waals surface area (Å²) < 4.78 is 2.42. The molecule has 1 aromatic carbocycles. The van der Waals surface area contributed by atoms with Crippen LogP contribution in [0.4, 0.5) is 0 Å². The Morgan fingerprint density at radius 2 is 1.90 bits per heavy atom. The average Bonchev–Trinajstić information content (AvgIpc) is 2.83. The molecular formula is C15H12BrN3O. The first-order valence-electron chi connectivity index (χ1n) is 6.14. The third-order valence-electron chi connectivity index (χ3n) is 3.05. The molecule has 0 saturated carbocycles. The number of hydrogen-bond donors (Lipinski definition) is 1. The second kappa shape index (κ2) is 5.09. The summed E-state index contributed by atoms with van der Waals surface area (Å²) in [6.07, 6.45) is 3.44. The SMILES string of the molecule is Cc1ccc(-n2[nH]cc(-c3ccc(Br)cc3)c2=O)nc1. The van der Waals surface area contributed by atoms with Crippen molar-refractivity contribution >= 4 is 15.9 Å². The van der Waals surface area contributed by atoms with Gasteiger partial charge in [-0.3, -0.25) is 9.89 Å². The number of nitrogens with one attached hydrogen (secondary N) is 1. The summed E-state index contributed by atoms with van der Waals surface area (Å²) in [5.74, 6) is 0.587. The lowest BCUT2D eigenvalue weighted by Gasteiger charge is -2.00. The molecule has 0 aliphatic rings. The van der Waals surface area contributed by atoms with E-state index in [2.05, 4.69) is 26.0 Å².